The number of hydrogen-bond acceptors (Lipinski definition) is 7. The van der Waals surface area contributed by atoms with E-state index in [0.717, 1.165) is 21.3 Å². The van der Waals surface area contributed by atoms with E-state index in [1.807, 2.05) is 36.4 Å². The van der Waals surface area contributed by atoms with Crippen molar-refractivity contribution < 1.29 is 19.0 Å². The monoisotopic (exact) mass is 436 g/mol. The zero-order valence-corrected chi connectivity index (χ0v) is 18.0. The van der Waals surface area contributed by atoms with Gasteiger partial charge in [0.15, 0.2) is 11.5 Å². The van der Waals surface area contributed by atoms with Crippen LogP contribution in [-0.4, -0.2) is 42.0 Å². The number of benzene rings is 2. The molecule has 4 aromatic rings. The summed E-state index contributed by atoms with van der Waals surface area (Å²) in [4.78, 5) is 17.3. The summed E-state index contributed by atoms with van der Waals surface area (Å²) in [5, 5.41) is 8.23. The van der Waals surface area contributed by atoms with Crippen LogP contribution in [0.4, 0.5) is 5.82 Å². The van der Waals surface area contributed by atoms with Gasteiger partial charge in [0.1, 0.15) is 5.82 Å². The van der Waals surface area contributed by atoms with Gasteiger partial charge in [0.05, 0.1) is 37.7 Å². The van der Waals surface area contributed by atoms with Crippen LogP contribution in [0.1, 0.15) is 23.5 Å². The van der Waals surface area contributed by atoms with Crippen molar-refractivity contribution in [3.8, 4) is 22.4 Å². The first kappa shape index (κ1) is 19.4. The molecular formula is C22H20N4O4S. The van der Waals surface area contributed by atoms with Gasteiger partial charge in [-0.1, -0.05) is 23.5 Å². The number of nitrogens with one attached hydrogen (secondary N) is 1. The van der Waals surface area contributed by atoms with Crippen molar-refractivity contribution in [1.82, 2.24) is 14.8 Å². The topological polar surface area (TPSA) is 87.5 Å². The van der Waals surface area contributed by atoms with Crippen LogP contribution in [0.25, 0.3) is 15.3 Å². The molecular weight excluding hydrogens is 416 g/mol. The van der Waals surface area contributed by atoms with Gasteiger partial charge in [-0.25, -0.2) is 4.98 Å². The van der Waals surface area contributed by atoms with Gasteiger partial charge in [-0.3, -0.25) is 4.79 Å². The molecule has 1 amide bonds. The Hall–Kier alpha value is -3.59. The van der Waals surface area contributed by atoms with Crippen LogP contribution < -0.4 is 19.5 Å². The van der Waals surface area contributed by atoms with Crippen LogP contribution in [0.3, 0.4) is 0 Å². The largest absolute Gasteiger partial charge is 0.493 e. The highest BCUT2D eigenvalue weighted by atomic mass is 32.1. The van der Waals surface area contributed by atoms with Gasteiger partial charge in [0.25, 0.3) is 0 Å². The molecule has 5 rings (SSSR count). The second-order valence-corrected chi connectivity index (χ2v) is 8.10. The Labute approximate surface area is 182 Å². The molecule has 31 heavy (non-hydrogen) atoms. The molecule has 0 fully saturated rings. The minimum Gasteiger partial charge on any atom is -0.493 e. The summed E-state index contributed by atoms with van der Waals surface area (Å²) in [7, 11) is 4.71. The van der Waals surface area contributed by atoms with Gasteiger partial charge in [0, 0.05) is 17.9 Å². The molecule has 1 aliphatic heterocycles. The maximum atomic E-state index is 12.6. The number of ether oxygens (including phenoxy) is 3. The number of nitrogens with zero attached hydrogens (tertiary/aromatic N) is 3. The normalized spacial score (nSPS) is 15.5. The van der Waals surface area contributed by atoms with Gasteiger partial charge in [-0.15, -0.1) is 0 Å². The summed E-state index contributed by atoms with van der Waals surface area (Å²) in [6.45, 7) is 0. The number of rotatable bonds is 5. The van der Waals surface area contributed by atoms with E-state index in [0.29, 0.717) is 28.2 Å². The summed E-state index contributed by atoms with van der Waals surface area (Å²) < 4.78 is 19.2. The lowest BCUT2D eigenvalue weighted by atomic mass is 9.87. The lowest BCUT2D eigenvalue weighted by molar-refractivity contribution is -0.116. The molecule has 0 bridgehead atoms. The molecule has 2 aromatic carbocycles. The standard InChI is InChI=1S/C22H20N4O4S/c1-28-16-8-12(9-17(29-2)20(16)30-3)13-10-19(27)25-21-14(13)11-23-26(21)22-24-15-6-4-5-7-18(15)31-22/h4-9,11,13H,10H2,1-3H3,(H,25,27)/t13-/m1/s1. The third kappa shape index (κ3) is 3.17. The number of para-hydroxylation sites is 1. The van der Waals surface area contributed by atoms with E-state index in [1.54, 1.807) is 32.2 Å². The second kappa shape index (κ2) is 7.59. The van der Waals surface area contributed by atoms with Crippen molar-refractivity contribution in [3.05, 3.63) is 53.7 Å². The van der Waals surface area contributed by atoms with Crippen LogP contribution in [0, 0.1) is 0 Å². The Kier molecular flexibility index (Phi) is 4.74. The minimum absolute atomic E-state index is 0.0888. The van der Waals surface area contributed by atoms with Crippen molar-refractivity contribution in [2.75, 3.05) is 26.6 Å². The van der Waals surface area contributed by atoms with E-state index in [4.69, 9.17) is 14.2 Å². The molecule has 0 radical (unpaired) electrons. The number of thiazole rings is 1. The molecule has 3 heterocycles. The average molecular weight is 436 g/mol. The molecule has 1 atom stereocenters. The SMILES string of the molecule is COc1cc([C@H]2CC(=O)Nc3c2cnn3-c2nc3ccccc3s2)cc(OC)c1OC. The van der Waals surface area contributed by atoms with E-state index in [-0.39, 0.29) is 18.2 Å². The number of anilines is 1. The molecule has 158 valence electrons. The Morgan fingerprint density at radius 1 is 1.10 bits per heavy atom. The van der Waals surface area contributed by atoms with E-state index in [1.165, 1.54) is 11.3 Å². The molecule has 0 saturated carbocycles. The fraction of sp³-hybridized carbons (Fsp3) is 0.227. The molecule has 2 aromatic heterocycles. The third-order valence-corrected chi connectivity index (χ3v) is 6.39. The highest BCUT2D eigenvalue weighted by Crippen LogP contribution is 2.45. The Bertz CT molecular complexity index is 1240. The molecule has 0 spiro atoms. The zero-order valence-electron chi connectivity index (χ0n) is 17.2. The zero-order chi connectivity index (χ0) is 21.5. The van der Waals surface area contributed by atoms with E-state index < -0.39 is 0 Å². The van der Waals surface area contributed by atoms with Crippen molar-refractivity contribution >= 4 is 33.3 Å². The fourth-order valence-electron chi connectivity index (χ4n) is 3.92. The first-order chi connectivity index (χ1) is 15.1. The predicted octanol–water partition coefficient (Wildman–Crippen LogP) is 3.98. The van der Waals surface area contributed by atoms with Gasteiger partial charge in [-0.2, -0.15) is 9.78 Å². The van der Waals surface area contributed by atoms with Crippen molar-refractivity contribution in [2.45, 2.75) is 12.3 Å². The van der Waals surface area contributed by atoms with Gasteiger partial charge in [-0.05, 0) is 29.8 Å². The van der Waals surface area contributed by atoms with E-state index in [9.17, 15) is 4.79 Å². The van der Waals surface area contributed by atoms with Crippen LogP contribution in [-0.2, 0) is 4.79 Å². The lowest BCUT2D eigenvalue weighted by Crippen LogP contribution is -2.24. The molecule has 0 aliphatic carbocycles. The van der Waals surface area contributed by atoms with Crippen molar-refractivity contribution in [3.63, 3.8) is 0 Å². The first-order valence-electron chi connectivity index (χ1n) is 9.66. The smallest absolute Gasteiger partial charge is 0.226 e. The number of carbonyl (C=O) groups excluding carboxylic acids is 1. The second-order valence-electron chi connectivity index (χ2n) is 7.09. The minimum atomic E-state index is -0.208. The molecule has 1 aliphatic rings. The van der Waals surface area contributed by atoms with E-state index >= 15 is 0 Å². The van der Waals surface area contributed by atoms with Gasteiger partial charge < -0.3 is 19.5 Å². The molecule has 0 saturated heterocycles. The third-order valence-electron chi connectivity index (χ3n) is 5.37. The van der Waals surface area contributed by atoms with Crippen LogP contribution >= 0.6 is 11.3 Å². The Balaban J connectivity index is 1.62. The molecule has 9 heteroatoms. The number of methoxy groups -OCH3 is 3. The van der Waals surface area contributed by atoms with Crippen LogP contribution in [0.2, 0.25) is 0 Å². The van der Waals surface area contributed by atoms with Crippen LogP contribution in [0.15, 0.2) is 42.6 Å². The maximum absolute atomic E-state index is 12.6. The highest BCUT2D eigenvalue weighted by molar-refractivity contribution is 7.20. The lowest BCUT2D eigenvalue weighted by Gasteiger charge is -2.24. The van der Waals surface area contributed by atoms with E-state index in [2.05, 4.69) is 15.4 Å². The van der Waals surface area contributed by atoms with Crippen LogP contribution in [0.5, 0.6) is 17.2 Å². The summed E-state index contributed by atoms with van der Waals surface area (Å²) in [6.07, 6.45) is 2.08. The predicted molar refractivity (Wildman–Crippen MR) is 118 cm³/mol. The number of carbonyl (C=O) groups is 1. The summed E-state index contributed by atoms with van der Waals surface area (Å²) in [5.41, 5.74) is 2.69. The number of fused-ring (bicyclic) bond motifs is 2. The van der Waals surface area contributed by atoms with Gasteiger partial charge in [0.2, 0.25) is 16.8 Å². The fourth-order valence-corrected chi connectivity index (χ4v) is 4.85. The quantitative estimate of drug-likeness (QED) is 0.509. The van der Waals surface area contributed by atoms with Gasteiger partial charge >= 0.3 is 0 Å². The van der Waals surface area contributed by atoms with Crippen molar-refractivity contribution in [2.24, 2.45) is 0 Å². The summed E-state index contributed by atoms with van der Waals surface area (Å²) >= 11 is 1.52. The number of amides is 1. The maximum Gasteiger partial charge on any atom is 0.226 e. The Morgan fingerprint density at radius 2 is 1.84 bits per heavy atom. The van der Waals surface area contributed by atoms with Crippen molar-refractivity contribution in [1.29, 1.82) is 0 Å². The average Bonchev–Trinajstić information content (AvgIpc) is 3.41. The summed E-state index contributed by atoms with van der Waals surface area (Å²) in [5.74, 6) is 1.94. The highest BCUT2D eigenvalue weighted by Gasteiger charge is 2.32. The molecule has 1 N–H and O–H groups in total. The number of hydrogen-bond donors (Lipinski definition) is 1. The Morgan fingerprint density at radius 3 is 2.52 bits per heavy atom. The molecule has 8 nitrogen and oxygen atoms in total. The summed E-state index contributed by atoms with van der Waals surface area (Å²) in [6, 6.07) is 11.7. The molecule has 0 unspecified atom stereocenters. The number of aromatic nitrogens is 3. The first-order valence-corrected chi connectivity index (χ1v) is 10.5.